The van der Waals surface area contributed by atoms with Gasteiger partial charge in [-0.05, 0) is 18.8 Å². The van der Waals surface area contributed by atoms with Gasteiger partial charge in [0.1, 0.15) is 6.61 Å². The summed E-state index contributed by atoms with van der Waals surface area (Å²) >= 11 is 0. The zero-order valence-corrected chi connectivity index (χ0v) is 11.8. The Morgan fingerprint density at radius 2 is 2.30 bits per heavy atom. The molecule has 0 aliphatic heterocycles. The summed E-state index contributed by atoms with van der Waals surface area (Å²) in [7, 11) is 1.54. The third kappa shape index (κ3) is 4.05. The third-order valence-electron chi connectivity index (χ3n) is 3.74. The van der Waals surface area contributed by atoms with Crippen molar-refractivity contribution in [2.45, 2.75) is 44.8 Å². The Morgan fingerprint density at radius 3 is 3.00 bits per heavy atom. The van der Waals surface area contributed by atoms with Crippen molar-refractivity contribution >= 4 is 5.91 Å². The Hall–Kier alpha value is -1.40. The van der Waals surface area contributed by atoms with Crippen LogP contribution < -0.4 is 5.32 Å². The van der Waals surface area contributed by atoms with Crippen molar-refractivity contribution < 1.29 is 19.2 Å². The summed E-state index contributed by atoms with van der Waals surface area (Å²) in [6.07, 6.45) is 5.18. The second kappa shape index (κ2) is 7.40. The van der Waals surface area contributed by atoms with Gasteiger partial charge in [-0.25, -0.2) is 0 Å². The molecule has 112 valence electrons. The molecule has 1 amide bonds. The van der Waals surface area contributed by atoms with E-state index in [0.29, 0.717) is 11.7 Å². The number of aliphatic hydroxyl groups excluding tert-OH is 1. The molecule has 1 unspecified atom stereocenters. The van der Waals surface area contributed by atoms with Gasteiger partial charge in [-0.1, -0.05) is 24.4 Å². The Kier molecular flexibility index (Phi) is 5.55. The van der Waals surface area contributed by atoms with E-state index in [1.807, 2.05) is 0 Å². The van der Waals surface area contributed by atoms with E-state index >= 15 is 0 Å². The first-order chi connectivity index (χ1) is 9.70. The van der Waals surface area contributed by atoms with E-state index < -0.39 is 6.10 Å². The summed E-state index contributed by atoms with van der Waals surface area (Å²) in [5, 5.41) is 16.5. The maximum absolute atomic E-state index is 11.9. The van der Waals surface area contributed by atoms with E-state index in [0.717, 1.165) is 12.8 Å². The highest BCUT2D eigenvalue weighted by molar-refractivity contribution is 5.92. The van der Waals surface area contributed by atoms with E-state index in [2.05, 4.69) is 10.5 Å². The summed E-state index contributed by atoms with van der Waals surface area (Å²) in [6.45, 7) is 0.543. The number of nitrogens with zero attached hydrogens (tertiary/aromatic N) is 1. The van der Waals surface area contributed by atoms with Gasteiger partial charge in [0.2, 0.25) is 0 Å². The smallest absolute Gasteiger partial charge is 0.273 e. The molecule has 1 fully saturated rings. The van der Waals surface area contributed by atoms with Crippen LogP contribution in [-0.2, 0) is 11.3 Å². The van der Waals surface area contributed by atoms with Crippen molar-refractivity contribution in [3.63, 3.8) is 0 Å². The fourth-order valence-corrected chi connectivity index (χ4v) is 2.60. The maximum atomic E-state index is 11.9. The van der Waals surface area contributed by atoms with Crippen LogP contribution >= 0.6 is 0 Å². The molecule has 2 rings (SSSR count). The maximum Gasteiger partial charge on any atom is 0.273 e. The molecule has 1 heterocycles. The molecule has 0 spiro atoms. The topological polar surface area (TPSA) is 84.6 Å². The molecule has 1 atom stereocenters. The van der Waals surface area contributed by atoms with Gasteiger partial charge in [0.15, 0.2) is 11.5 Å². The second-order valence-electron chi connectivity index (χ2n) is 5.29. The normalized spacial score (nSPS) is 17.9. The van der Waals surface area contributed by atoms with Crippen molar-refractivity contribution in [1.29, 1.82) is 0 Å². The number of carbonyl (C=O) groups is 1. The monoisotopic (exact) mass is 282 g/mol. The van der Waals surface area contributed by atoms with Crippen molar-refractivity contribution in [3.8, 4) is 0 Å². The highest BCUT2D eigenvalue weighted by atomic mass is 16.5. The zero-order chi connectivity index (χ0) is 14.4. The van der Waals surface area contributed by atoms with Crippen LogP contribution in [-0.4, -0.2) is 35.9 Å². The predicted molar refractivity (Wildman–Crippen MR) is 72.1 cm³/mol. The standard InChI is InChI=1S/C14H22N2O4/c1-19-9-11-7-12(16-20-11)14(18)15-8-13(17)10-5-3-2-4-6-10/h7,10,13,17H,2-6,8-9H2,1H3,(H,15,18). The highest BCUT2D eigenvalue weighted by Crippen LogP contribution is 2.26. The highest BCUT2D eigenvalue weighted by Gasteiger charge is 2.22. The van der Waals surface area contributed by atoms with Gasteiger partial charge in [0.25, 0.3) is 5.91 Å². The second-order valence-corrected chi connectivity index (χ2v) is 5.29. The SMILES string of the molecule is COCc1cc(C(=O)NCC(O)C2CCCCC2)no1. The van der Waals surface area contributed by atoms with Crippen LogP contribution in [0.25, 0.3) is 0 Å². The van der Waals surface area contributed by atoms with Crippen LogP contribution in [0.5, 0.6) is 0 Å². The fourth-order valence-electron chi connectivity index (χ4n) is 2.60. The van der Waals surface area contributed by atoms with Crippen molar-refractivity contribution in [2.75, 3.05) is 13.7 Å². The van der Waals surface area contributed by atoms with Crippen molar-refractivity contribution in [2.24, 2.45) is 5.92 Å². The van der Waals surface area contributed by atoms with Gasteiger partial charge < -0.3 is 19.7 Å². The van der Waals surface area contributed by atoms with Gasteiger partial charge in [-0.15, -0.1) is 0 Å². The lowest BCUT2D eigenvalue weighted by Crippen LogP contribution is -2.37. The van der Waals surface area contributed by atoms with Crippen LogP contribution in [0.4, 0.5) is 0 Å². The first kappa shape index (κ1) is 15.0. The molecule has 0 aromatic carbocycles. The van der Waals surface area contributed by atoms with Crippen LogP contribution in [0.2, 0.25) is 0 Å². The molecule has 20 heavy (non-hydrogen) atoms. The molecular weight excluding hydrogens is 260 g/mol. The first-order valence-electron chi connectivity index (χ1n) is 7.11. The minimum atomic E-state index is -0.482. The molecule has 1 aliphatic rings. The number of methoxy groups -OCH3 is 1. The number of aliphatic hydroxyl groups is 1. The van der Waals surface area contributed by atoms with E-state index in [1.165, 1.54) is 19.3 Å². The molecule has 1 aromatic heterocycles. The number of amides is 1. The number of rotatable bonds is 6. The molecule has 1 saturated carbocycles. The Labute approximate surface area is 118 Å². The van der Waals surface area contributed by atoms with Gasteiger partial charge in [-0.3, -0.25) is 4.79 Å². The first-order valence-corrected chi connectivity index (χ1v) is 7.11. The van der Waals surface area contributed by atoms with Crippen molar-refractivity contribution in [3.05, 3.63) is 17.5 Å². The summed E-state index contributed by atoms with van der Waals surface area (Å²) in [6, 6.07) is 1.55. The number of aromatic nitrogens is 1. The Balaban J connectivity index is 1.78. The number of hydrogen-bond donors (Lipinski definition) is 2. The Morgan fingerprint density at radius 1 is 1.55 bits per heavy atom. The zero-order valence-electron chi connectivity index (χ0n) is 11.8. The van der Waals surface area contributed by atoms with E-state index in [1.54, 1.807) is 13.2 Å². The van der Waals surface area contributed by atoms with Gasteiger partial charge in [0, 0.05) is 19.7 Å². The number of ether oxygens (including phenoxy) is 1. The van der Waals surface area contributed by atoms with Gasteiger partial charge >= 0.3 is 0 Å². The van der Waals surface area contributed by atoms with E-state index in [9.17, 15) is 9.90 Å². The quantitative estimate of drug-likeness (QED) is 0.825. The molecule has 0 saturated heterocycles. The summed E-state index contributed by atoms with van der Waals surface area (Å²) in [4.78, 5) is 11.9. The number of nitrogens with one attached hydrogen (secondary N) is 1. The van der Waals surface area contributed by atoms with Crippen molar-refractivity contribution in [1.82, 2.24) is 10.5 Å². The number of hydrogen-bond acceptors (Lipinski definition) is 5. The molecule has 6 heteroatoms. The molecule has 0 radical (unpaired) electrons. The van der Waals surface area contributed by atoms with E-state index in [-0.39, 0.29) is 24.8 Å². The fraction of sp³-hybridized carbons (Fsp3) is 0.714. The summed E-state index contributed by atoms with van der Waals surface area (Å²) in [5.74, 6) is 0.474. The summed E-state index contributed by atoms with van der Waals surface area (Å²) < 4.78 is 9.84. The Bertz CT molecular complexity index is 427. The molecule has 2 N–H and O–H groups in total. The molecule has 6 nitrogen and oxygen atoms in total. The third-order valence-corrected chi connectivity index (χ3v) is 3.74. The minimum Gasteiger partial charge on any atom is -0.391 e. The molecule has 1 aliphatic carbocycles. The molecule has 0 bridgehead atoms. The average molecular weight is 282 g/mol. The largest absolute Gasteiger partial charge is 0.391 e. The van der Waals surface area contributed by atoms with Gasteiger partial charge in [-0.2, -0.15) is 0 Å². The predicted octanol–water partition coefficient (Wildman–Crippen LogP) is 1.49. The lowest BCUT2D eigenvalue weighted by Gasteiger charge is -2.26. The molecule has 1 aromatic rings. The summed E-state index contributed by atoms with van der Waals surface area (Å²) in [5.41, 5.74) is 0.216. The van der Waals surface area contributed by atoms with Crippen LogP contribution in [0.1, 0.15) is 48.4 Å². The van der Waals surface area contributed by atoms with Crippen LogP contribution in [0, 0.1) is 5.92 Å². The lowest BCUT2D eigenvalue weighted by molar-refractivity contribution is 0.0733. The van der Waals surface area contributed by atoms with E-state index in [4.69, 9.17) is 9.26 Å². The molecular formula is C14H22N2O4. The van der Waals surface area contributed by atoms with Gasteiger partial charge in [0.05, 0.1) is 6.10 Å². The lowest BCUT2D eigenvalue weighted by atomic mass is 9.85. The number of carbonyl (C=O) groups excluding carboxylic acids is 1. The van der Waals surface area contributed by atoms with Crippen LogP contribution in [0.3, 0.4) is 0 Å². The average Bonchev–Trinajstić information content (AvgIpc) is 2.94. The minimum absolute atomic E-state index is 0.216. The van der Waals surface area contributed by atoms with Crippen LogP contribution in [0.15, 0.2) is 10.6 Å².